The molecule has 1 atom stereocenters. The Labute approximate surface area is 105 Å². The number of ether oxygens (including phenoxy) is 1. The lowest BCUT2D eigenvalue weighted by Crippen LogP contribution is -2.21. The van der Waals surface area contributed by atoms with E-state index in [4.69, 9.17) is 4.74 Å². The highest BCUT2D eigenvalue weighted by Gasteiger charge is 2.22. The van der Waals surface area contributed by atoms with Crippen LogP contribution in [0.15, 0.2) is 24.3 Å². The molecule has 0 bridgehead atoms. The lowest BCUT2D eigenvalue weighted by molar-refractivity contribution is 0.328. The number of unbranched alkanes of at least 4 members (excludes halogenated alkanes) is 1. The third-order valence-electron chi connectivity index (χ3n) is 3.69. The number of rotatable bonds is 5. The van der Waals surface area contributed by atoms with Crippen LogP contribution in [-0.2, 0) is 0 Å². The van der Waals surface area contributed by atoms with Crippen LogP contribution in [0.5, 0.6) is 5.75 Å². The number of methoxy groups -OCH3 is 1. The first kappa shape index (κ1) is 12.4. The lowest BCUT2D eigenvalue weighted by atomic mass is 9.98. The van der Waals surface area contributed by atoms with Crippen molar-refractivity contribution in [2.45, 2.75) is 32.1 Å². The first-order chi connectivity index (χ1) is 8.33. The molecule has 2 rings (SSSR count). The summed E-state index contributed by atoms with van der Waals surface area (Å²) in [6.07, 6.45) is 3.93. The fourth-order valence-electron chi connectivity index (χ4n) is 2.57. The molecule has 1 aromatic carbocycles. The van der Waals surface area contributed by atoms with Crippen LogP contribution in [0.1, 0.15) is 37.7 Å². The maximum Gasteiger partial charge on any atom is 0.118 e. The highest BCUT2D eigenvalue weighted by Crippen LogP contribution is 2.28. The molecule has 0 aromatic heterocycles. The Bertz CT molecular complexity index is 333. The monoisotopic (exact) mass is 233 g/mol. The molecular formula is C15H23NO. The van der Waals surface area contributed by atoms with E-state index in [1.807, 2.05) is 0 Å². The molecule has 1 aliphatic rings. The molecule has 17 heavy (non-hydrogen) atoms. The zero-order chi connectivity index (χ0) is 12.1. The molecule has 0 saturated carbocycles. The van der Waals surface area contributed by atoms with Crippen LogP contribution < -0.4 is 4.74 Å². The fraction of sp³-hybridized carbons (Fsp3) is 0.600. The average molecular weight is 233 g/mol. The van der Waals surface area contributed by atoms with Gasteiger partial charge in [-0.25, -0.2) is 0 Å². The van der Waals surface area contributed by atoms with E-state index < -0.39 is 0 Å². The first-order valence-electron chi connectivity index (χ1n) is 6.69. The SMILES string of the molecule is CCCCN1CCC(c2ccc(OC)cc2)C1. The largest absolute Gasteiger partial charge is 0.497 e. The number of benzene rings is 1. The van der Waals surface area contributed by atoms with Gasteiger partial charge in [0.2, 0.25) is 0 Å². The van der Waals surface area contributed by atoms with E-state index in [1.54, 1.807) is 7.11 Å². The quantitative estimate of drug-likeness (QED) is 0.774. The van der Waals surface area contributed by atoms with Gasteiger partial charge in [0.1, 0.15) is 5.75 Å². The summed E-state index contributed by atoms with van der Waals surface area (Å²) in [7, 11) is 1.72. The van der Waals surface area contributed by atoms with Crippen molar-refractivity contribution in [3.8, 4) is 5.75 Å². The Hall–Kier alpha value is -1.02. The molecule has 0 spiro atoms. The van der Waals surface area contributed by atoms with E-state index in [2.05, 4.69) is 36.1 Å². The predicted octanol–water partition coefficient (Wildman–Crippen LogP) is 3.28. The van der Waals surface area contributed by atoms with E-state index in [0.29, 0.717) is 0 Å². The minimum Gasteiger partial charge on any atom is -0.497 e. The van der Waals surface area contributed by atoms with Crippen LogP contribution >= 0.6 is 0 Å². The van der Waals surface area contributed by atoms with Crippen LogP contribution in [0.4, 0.5) is 0 Å². The second-order valence-corrected chi connectivity index (χ2v) is 4.91. The first-order valence-corrected chi connectivity index (χ1v) is 6.69. The third-order valence-corrected chi connectivity index (χ3v) is 3.69. The molecule has 1 saturated heterocycles. The van der Waals surface area contributed by atoms with E-state index in [1.165, 1.54) is 44.5 Å². The topological polar surface area (TPSA) is 12.5 Å². The molecule has 1 heterocycles. The summed E-state index contributed by atoms with van der Waals surface area (Å²) in [5, 5.41) is 0. The van der Waals surface area contributed by atoms with E-state index in [-0.39, 0.29) is 0 Å². The molecule has 2 heteroatoms. The standard InChI is InChI=1S/C15H23NO/c1-3-4-10-16-11-9-14(12-16)13-5-7-15(17-2)8-6-13/h5-8,14H,3-4,9-12H2,1-2H3. The summed E-state index contributed by atoms with van der Waals surface area (Å²) < 4.78 is 5.20. The van der Waals surface area contributed by atoms with Gasteiger partial charge in [0.15, 0.2) is 0 Å². The maximum absolute atomic E-state index is 5.20. The molecule has 0 N–H and O–H groups in total. The minimum atomic E-state index is 0.720. The van der Waals surface area contributed by atoms with Crippen molar-refractivity contribution in [2.75, 3.05) is 26.7 Å². The summed E-state index contributed by atoms with van der Waals surface area (Å²) in [4.78, 5) is 2.60. The van der Waals surface area contributed by atoms with Crippen molar-refractivity contribution >= 4 is 0 Å². The molecule has 2 nitrogen and oxygen atoms in total. The fourth-order valence-corrected chi connectivity index (χ4v) is 2.57. The molecule has 1 unspecified atom stereocenters. The van der Waals surface area contributed by atoms with Gasteiger partial charge in [0.05, 0.1) is 7.11 Å². The molecular weight excluding hydrogens is 210 g/mol. The zero-order valence-electron chi connectivity index (χ0n) is 11.0. The van der Waals surface area contributed by atoms with Gasteiger partial charge in [0, 0.05) is 6.54 Å². The van der Waals surface area contributed by atoms with Gasteiger partial charge in [-0.1, -0.05) is 25.5 Å². The molecule has 94 valence electrons. The third kappa shape index (κ3) is 3.22. The Balaban J connectivity index is 1.90. The van der Waals surface area contributed by atoms with Crippen molar-refractivity contribution in [3.63, 3.8) is 0 Å². The van der Waals surface area contributed by atoms with Crippen LogP contribution in [0, 0.1) is 0 Å². The van der Waals surface area contributed by atoms with Gasteiger partial charge < -0.3 is 9.64 Å². The molecule has 0 radical (unpaired) electrons. The molecule has 1 aromatic rings. The highest BCUT2D eigenvalue weighted by molar-refractivity contribution is 5.30. The number of hydrogen-bond acceptors (Lipinski definition) is 2. The Kier molecular flexibility index (Phi) is 4.43. The average Bonchev–Trinajstić information content (AvgIpc) is 2.85. The zero-order valence-corrected chi connectivity index (χ0v) is 11.0. The van der Waals surface area contributed by atoms with Crippen LogP contribution in [0.3, 0.4) is 0 Å². The van der Waals surface area contributed by atoms with E-state index in [0.717, 1.165) is 11.7 Å². The number of likely N-dealkylation sites (tertiary alicyclic amines) is 1. The summed E-state index contributed by atoms with van der Waals surface area (Å²) in [6.45, 7) is 6.02. The van der Waals surface area contributed by atoms with E-state index >= 15 is 0 Å². The van der Waals surface area contributed by atoms with Crippen LogP contribution in [0.2, 0.25) is 0 Å². The smallest absolute Gasteiger partial charge is 0.118 e. The predicted molar refractivity (Wildman–Crippen MR) is 71.7 cm³/mol. The van der Waals surface area contributed by atoms with Crippen molar-refractivity contribution in [1.29, 1.82) is 0 Å². The maximum atomic E-state index is 5.20. The Morgan fingerprint density at radius 3 is 2.71 bits per heavy atom. The number of hydrogen-bond donors (Lipinski definition) is 0. The van der Waals surface area contributed by atoms with Gasteiger partial charge in [-0.15, -0.1) is 0 Å². The van der Waals surface area contributed by atoms with Crippen molar-refractivity contribution in [3.05, 3.63) is 29.8 Å². The van der Waals surface area contributed by atoms with Crippen molar-refractivity contribution in [2.24, 2.45) is 0 Å². The molecule has 1 fully saturated rings. The minimum absolute atomic E-state index is 0.720. The van der Waals surface area contributed by atoms with Gasteiger partial charge >= 0.3 is 0 Å². The summed E-state index contributed by atoms with van der Waals surface area (Å²) in [5.74, 6) is 1.67. The van der Waals surface area contributed by atoms with Crippen molar-refractivity contribution < 1.29 is 4.74 Å². The Morgan fingerprint density at radius 2 is 2.06 bits per heavy atom. The number of nitrogens with zero attached hydrogens (tertiary/aromatic N) is 1. The van der Waals surface area contributed by atoms with Gasteiger partial charge in [0.25, 0.3) is 0 Å². The van der Waals surface area contributed by atoms with E-state index in [9.17, 15) is 0 Å². The van der Waals surface area contributed by atoms with Gasteiger partial charge in [-0.2, -0.15) is 0 Å². The molecule has 0 aliphatic carbocycles. The Morgan fingerprint density at radius 1 is 1.29 bits per heavy atom. The van der Waals surface area contributed by atoms with Gasteiger partial charge in [-0.05, 0) is 49.5 Å². The second kappa shape index (κ2) is 6.06. The van der Waals surface area contributed by atoms with Crippen LogP contribution in [-0.4, -0.2) is 31.6 Å². The van der Waals surface area contributed by atoms with Crippen molar-refractivity contribution in [1.82, 2.24) is 4.90 Å². The summed E-state index contributed by atoms with van der Waals surface area (Å²) in [5.41, 5.74) is 1.46. The highest BCUT2D eigenvalue weighted by atomic mass is 16.5. The van der Waals surface area contributed by atoms with Crippen LogP contribution in [0.25, 0.3) is 0 Å². The normalized spacial score (nSPS) is 20.7. The summed E-state index contributed by atoms with van der Waals surface area (Å²) >= 11 is 0. The van der Waals surface area contributed by atoms with Gasteiger partial charge in [-0.3, -0.25) is 0 Å². The summed E-state index contributed by atoms with van der Waals surface area (Å²) in [6, 6.07) is 8.58. The molecule has 0 amide bonds. The second-order valence-electron chi connectivity index (χ2n) is 4.91. The lowest BCUT2D eigenvalue weighted by Gasteiger charge is -2.15. The molecule has 1 aliphatic heterocycles.